The topological polar surface area (TPSA) is 47.8 Å². The van der Waals surface area contributed by atoms with Crippen LogP contribution < -0.4 is 0 Å². The van der Waals surface area contributed by atoms with Gasteiger partial charge in [-0.05, 0) is 62.6 Å². The summed E-state index contributed by atoms with van der Waals surface area (Å²) in [6, 6.07) is 6.79. The molecule has 0 N–H and O–H groups in total. The zero-order valence-corrected chi connectivity index (χ0v) is 14.2. The monoisotopic (exact) mass is 327 g/mol. The molecule has 0 unspecified atom stereocenters. The average molecular weight is 327 g/mol. The van der Waals surface area contributed by atoms with Crippen LogP contribution in [0.3, 0.4) is 0 Å². The highest BCUT2D eigenvalue weighted by Gasteiger charge is 2.28. The smallest absolute Gasteiger partial charge is 0.191 e. The van der Waals surface area contributed by atoms with E-state index in [-0.39, 0.29) is 5.78 Å². The number of carbonyl (C=O) groups is 1. The number of aromatic nitrogens is 3. The first-order chi connectivity index (χ1) is 11.2. The van der Waals surface area contributed by atoms with E-state index in [1.54, 1.807) is 0 Å². The molecule has 0 saturated heterocycles. The Bertz CT molecular complexity index is 749. The van der Waals surface area contributed by atoms with Gasteiger partial charge in [-0.2, -0.15) is 0 Å². The van der Waals surface area contributed by atoms with Crippen molar-refractivity contribution in [2.45, 2.75) is 56.6 Å². The second-order valence-electron chi connectivity index (χ2n) is 6.53. The number of benzene rings is 1. The summed E-state index contributed by atoms with van der Waals surface area (Å²) in [5.74, 6) is 1.58. The van der Waals surface area contributed by atoms with Crippen molar-refractivity contribution in [3.05, 3.63) is 40.7 Å². The van der Waals surface area contributed by atoms with Gasteiger partial charge < -0.3 is 4.57 Å². The molecule has 1 aromatic carbocycles. The third-order valence-electron chi connectivity index (χ3n) is 4.75. The number of nitrogens with zero attached hydrogens (tertiary/aromatic N) is 3. The van der Waals surface area contributed by atoms with Gasteiger partial charge >= 0.3 is 0 Å². The molecule has 0 radical (unpaired) electrons. The van der Waals surface area contributed by atoms with Crippen molar-refractivity contribution < 1.29 is 4.79 Å². The third-order valence-corrected chi connectivity index (χ3v) is 5.69. The number of Topliss-reactive ketones (excluding diaryl/α,β-unsaturated/α-hetero) is 1. The number of hydrogen-bond donors (Lipinski definition) is 0. The lowest BCUT2D eigenvalue weighted by Gasteiger charge is -2.16. The molecular weight excluding hydrogens is 306 g/mol. The molecule has 2 aliphatic rings. The first kappa shape index (κ1) is 14.9. The van der Waals surface area contributed by atoms with E-state index in [9.17, 15) is 4.79 Å². The lowest BCUT2D eigenvalue weighted by atomic mass is 9.90. The quantitative estimate of drug-likeness (QED) is 0.619. The van der Waals surface area contributed by atoms with Gasteiger partial charge in [-0.1, -0.05) is 23.9 Å². The van der Waals surface area contributed by atoms with E-state index in [2.05, 4.69) is 26.9 Å². The Morgan fingerprint density at radius 3 is 2.78 bits per heavy atom. The summed E-state index contributed by atoms with van der Waals surface area (Å²) in [7, 11) is 0. The van der Waals surface area contributed by atoms with Gasteiger partial charge in [0.1, 0.15) is 5.82 Å². The minimum Gasteiger partial charge on any atom is -0.303 e. The predicted molar refractivity (Wildman–Crippen MR) is 91.2 cm³/mol. The van der Waals surface area contributed by atoms with Crippen LogP contribution in [0.1, 0.15) is 59.0 Å². The molecule has 0 aliphatic heterocycles. The molecule has 0 amide bonds. The van der Waals surface area contributed by atoms with Crippen molar-refractivity contribution in [2.75, 3.05) is 5.75 Å². The van der Waals surface area contributed by atoms with Crippen molar-refractivity contribution in [1.29, 1.82) is 0 Å². The lowest BCUT2D eigenvalue weighted by molar-refractivity contribution is 0.102. The van der Waals surface area contributed by atoms with Gasteiger partial charge in [-0.3, -0.25) is 4.79 Å². The van der Waals surface area contributed by atoms with Crippen LogP contribution in [0.5, 0.6) is 0 Å². The standard InChI is InChI=1S/C18H21N3OS/c1-12-19-20-18(21(12)16-8-9-16)23-11-17(22)15-7-6-13-4-2-3-5-14(13)10-15/h6-7,10,16H,2-5,8-9,11H2,1H3. The molecular formula is C18H21N3OS. The highest BCUT2D eigenvalue weighted by atomic mass is 32.2. The van der Waals surface area contributed by atoms with Crippen LogP contribution in [0, 0.1) is 6.92 Å². The number of thioether (sulfide) groups is 1. The minimum atomic E-state index is 0.186. The van der Waals surface area contributed by atoms with E-state index < -0.39 is 0 Å². The fraction of sp³-hybridized carbons (Fsp3) is 0.500. The molecule has 5 heteroatoms. The Morgan fingerprint density at radius 1 is 1.22 bits per heavy atom. The highest BCUT2D eigenvalue weighted by Crippen LogP contribution is 2.38. The SMILES string of the molecule is Cc1nnc(SCC(=O)c2ccc3c(c2)CCCC3)n1C1CC1. The van der Waals surface area contributed by atoms with E-state index in [0.29, 0.717) is 11.8 Å². The number of carbonyl (C=O) groups excluding carboxylic acids is 1. The first-order valence-electron chi connectivity index (χ1n) is 8.41. The Balaban J connectivity index is 1.46. The minimum absolute atomic E-state index is 0.186. The third kappa shape index (κ3) is 3.07. The Morgan fingerprint density at radius 2 is 2.00 bits per heavy atom. The first-order valence-corrected chi connectivity index (χ1v) is 9.40. The summed E-state index contributed by atoms with van der Waals surface area (Å²) in [4.78, 5) is 12.5. The Hall–Kier alpha value is -1.62. The summed E-state index contributed by atoms with van der Waals surface area (Å²) < 4.78 is 2.19. The molecule has 23 heavy (non-hydrogen) atoms. The molecule has 120 valence electrons. The average Bonchev–Trinajstić information content (AvgIpc) is 3.35. The molecule has 0 atom stereocenters. The zero-order chi connectivity index (χ0) is 15.8. The van der Waals surface area contributed by atoms with Crippen LogP contribution in [0.4, 0.5) is 0 Å². The molecule has 0 spiro atoms. The van der Waals surface area contributed by atoms with Crippen LogP contribution in [0.25, 0.3) is 0 Å². The normalized spacial score (nSPS) is 17.1. The zero-order valence-electron chi connectivity index (χ0n) is 13.4. The maximum atomic E-state index is 12.5. The molecule has 1 aromatic heterocycles. The molecule has 1 fully saturated rings. The highest BCUT2D eigenvalue weighted by molar-refractivity contribution is 7.99. The van der Waals surface area contributed by atoms with Crippen LogP contribution >= 0.6 is 11.8 Å². The van der Waals surface area contributed by atoms with Gasteiger partial charge in [0.2, 0.25) is 0 Å². The fourth-order valence-electron chi connectivity index (χ4n) is 3.32. The summed E-state index contributed by atoms with van der Waals surface area (Å²) in [6.45, 7) is 1.99. The Kier molecular flexibility index (Phi) is 3.97. The number of ketones is 1. The van der Waals surface area contributed by atoms with E-state index in [1.807, 2.05) is 13.0 Å². The number of hydrogen-bond acceptors (Lipinski definition) is 4. The lowest BCUT2D eigenvalue weighted by Crippen LogP contribution is -2.08. The predicted octanol–water partition coefficient (Wildman–Crippen LogP) is 3.78. The van der Waals surface area contributed by atoms with Crippen LogP contribution in [-0.2, 0) is 12.8 Å². The van der Waals surface area contributed by atoms with Gasteiger partial charge in [0.05, 0.1) is 5.75 Å². The molecule has 4 rings (SSSR count). The van der Waals surface area contributed by atoms with Gasteiger partial charge in [-0.15, -0.1) is 10.2 Å². The molecule has 2 aliphatic carbocycles. The van der Waals surface area contributed by atoms with Crippen LogP contribution in [-0.4, -0.2) is 26.3 Å². The molecule has 4 nitrogen and oxygen atoms in total. The van der Waals surface area contributed by atoms with Crippen molar-refractivity contribution in [1.82, 2.24) is 14.8 Å². The summed E-state index contributed by atoms with van der Waals surface area (Å²) in [5, 5.41) is 9.29. The van der Waals surface area contributed by atoms with Crippen molar-refractivity contribution in [3.8, 4) is 0 Å². The second-order valence-corrected chi connectivity index (χ2v) is 7.48. The fourth-order valence-corrected chi connectivity index (χ4v) is 4.27. The maximum Gasteiger partial charge on any atom is 0.191 e. The molecule has 1 heterocycles. The van der Waals surface area contributed by atoms with E-state index in [1.165, 1.54) is 48.6 Å². The number of aryl methyl sites for hydroxylation is 3. The largest absolute Gasteiger partial charge is 0.303 e. The number of rotatable bonds is 5. The number of fused-ring (bicyclic) bond motifs is 1. The van der Waals surface area contributed by atoms with Crippen molar-refractivity contribution in [3.63, 3.8) is 0 Å². The Labute approximate surface area is 140 Å². The maximum absolute atomic E-state index is 12.5. The summed E-state index contributed by atoms with van der Waals surface area (Å²) in [5.41, 5.74) is 3.63. The van der Waals surface area contributed by atoms with E-state index in [4.69, 9.17) is 0 Å². The van der Waals surface area contributed by atoms with Crippen molar-refractivity contribution >= 4 is 17.5 Å². The molecule has 0 bridgehead atoms. The molecule has 2 aromatic rings. The van der Waals surface area contributed by atoms with Gasteiger partial charge in [-0.25, -0.2) is 0 Å². The van der Waals surface area contributed by atoms with E-state index in [0.717, 1.165) is 29.4 Å². The molecule has 1 saturated carbocycles. The summed E-state index contributed by atoms with van der Waals surface area (Å²) in [6.07, 6.45) is 7.17. The van der Waals surface area contributed by atoms with Gasteiger partial charge in [0.25, 0.3) is 0 Å². The van der Waals surface area contributed by atoms with Crippen molar-refractivity contribution in [2.24, 2.45) is 0 Å². The van der Waals surface area contributed by atoms with Gasteiger partial charge in [0.15, 0.2) is 10.9 Å². The second kappa shape index (κ2) is 6.11. The van der Waals surface area contributed by atoms with E-state index >= 15 is 0 Å². The van der Waals surface area contributed by atoms with Crippen LogP contribution in [0.2, 0.25) is 0 Å². The summed E-state index contributed by atoms with van der Waals surface area (Å²) >= 11 is 1.52. The van der Waals surface area contributed by atoms with Crippen LogP contribution in [0.15, 0.2) is 23.4 Å². The van der Waals surface area contributed by atoms with Gasteiger partial charge in [0, 0.05) is 11.6 Å².